The van der Waals surface area contributed by atoms with E-state index in [-0.39, 0.29) is 17.6 Å². The standard InChI is InChI=1S/C13H14N2O3/c1-8-3-4-10(17-2)9(7-8)15-13(16)11-5-6-12(14)18-11/h3-7H,14H2,1-2H3,(H,15,16). The molecule has 0 radical (unpaired) electrons. The van der Waals surface area contributed by atoms with Gasteiger partial charge < -0.3 is 20.2 Å². The van der Waals surface area contributed by atoms with E-state index in [1.165, 1.54) is 12.1 Å². The largest absolute Gasteiger partial charge is 0.495 e. The van der Waals surface area contributed by atoms with Crippen molar-refractivity contribution >= 4 is 17.5 Å². The van der Waals surface area contributed by atoms with Crippen molar-refractivity contribution in [3.63, 3.8) is 0 Å². The number of aryl methyl sites for hydroxylation is 1. The SMILES string of the molecule is COc1ccc(C)cc1NC(=O)c1ccc(N)o1. The van der Waals surface area contributed by atoms with E-state index in [9.17, 15) is 4.79 Å². The third kappa shape index (κ3) is 2.45. The summed E-state index contributed by atoms with van der Waals surface area (Å²) < 4.78 is 10.2. The number of carbonyl (C=O) groups excluding carboxylic acids is 1. The fourth-order valence-corrected chi connectivity index (χ4v) is 1.58. The molecule has 1 amide bonds. The Morgan fingerprint density at radius 2 is 2.11 bits per heavy atom. The minimum atomic E-state index is -0.365. The topological polar surface area (TPSA) is 77.5 Å². The molecule has 0 saturated heterocycles. The number of ether oxygens (including phenoxy) is 1. The monoisotopic (exact) mass is 246 g/mol. The average Bonchev–Trinajstić information content (AvgIpc) is 2.76. The van der Waals surface area contributed by atoms with Gasteiger partial charge in [0, 0.05) is 6.07 Å². The van der Waals surface area contributed by atoms with Crippen molar-refractivity contribution in [2.75, 3.05) is 18.2 Å². The number of benzene rings is 1. The molecule has 0 fully saturated rings. The first kappa shape index (κ1) is 12.0. The number of amides is 1. The fourth-order valence-electron chi connectivity index (χ4n) is 1.58. The van der Waals surface area contributed by atoms with E-state index in [2.05, 4.69) is 5.32 Å². The predicted molar refractivity (Wildman–Crippen MR) is 68.8 cm³/mol. The van der Waals surface area contributed by atoms with Crippen LogP contribution in [0.4, 0.5) is 11.6 Å². The lowest BCUT2D eigenvalue weighted by atomic mass is 10.2. The molecule has 5 heteroatoms. The van der Waals surface area contributed by atoms with E-state index in [0.717, 1.165) is 5.56 Å². The van der Waals surface area contributed by atoms with Crippen LogP contribution < -0.4 is 15.8 Å². The van der Waals surface area contributed by atoms with E-state index in [1.807, 2.05) is 19.1 Å². The molecule has 0 spiro atoms. The Kier molecular flexibility index (Phi) is 3.23. The number of rotatable bonds is 3. The molecule has 5 nitrogen and oxygen atoms in total. The van der Waals surface area contributed by atoms with Gasteiger partial charge in [-0.15, -0.1) is 0 Å². The lowest BCUT2D eigenvalue weighted by Crippen LogP contribution is -2.11. The molecule has 0 aliphatic heterocycles. The number of carbonyl (C=O) groups is 1. The van der Waals surface area contributed by atoms with Crippen molar-refractivity contribution in [3.05, 3.63) is 41.7 Å². The first-order valence-electron chi connectivity index (χ1n) is 5.41. The summed E-state index contributed by atoms with van der Waals surface area (Å²) in [5, 5.41) is 2.72. The molecule has 2 rings (SSSR count). The Morgan fingerprint density at radius 1 is 1.33 bits per heavy atom. The highest BCUT2D eigenvalue weighted by atomic mass is 16.5. The summed E-state index contributed by atoms with van der Waals surface area (Å²) >= 11 is 0. The summed E-state index contributed by atoms with van der Waals surface area (Å²) in [6.45, 7) is 1.93. The van der Waals surface area contributed by atoms with Gasteiger partial charge in [0.1, 0.15) is 5.75 Å². The van der Waals surface area contributed by atoms with Gasteiger partial charge in [0.05, 0.1) is 12.8 Å². The maximum atomic E-state index is 11.9. The van der Waals surface area contributed by atoms with Gasteiger partial charge in [-0.2, -0.15) is 0 Å². The molecule has 0 aliphatic rings. The summed E-state index contributed by atoms with van der Waals surface area (Å²) in [4.78, 5) is 11.9. The summed E-state index contributed by atoms with van der Waals surface area (Å²) in [5.41, 5.74) is 7.03. The number of nitrogens with one attached hydrogen (secondary N) is 1. The minimum absolute atomic E-state index is 0.163. The zero-order chi connectivity index (χ0) is 13.1. The Morgan fingerprint density at radius 3 is 2.72 bits per heavy atom. The van der Waals surface area contributed by atoms with Gasteiger partial charge in [-0.25, -0.2) is 0 Å². The zero-order valence-corrected chi connectivity index (χ0v) is 10.2. The van der Waals surface area contributed by atoms with Gasteiger partial charge in [-0.1, -0.05) is 6.07 Å². The third-order valence-corrected chi connectivity index (χ3v) is 2.45. The predicted octanol–water partition coefficient (Wildman–Crippen LogP) is 2.43. The van der Waals surface area contributed by atoms with Crippen LogP contribution in [0.5, 0.6) is 5.75 Å². The highest BCUT2D eigenvalue weighted by molar-refractivity contribution is 6.03. The van der Waals surface area contributed by atoms with Crippen LogP contribution in [-0.2, 0) is 0 Å². The summed E-state index contributed by atoms with van der Waals surface area (Å²) in [5.74, 6) is 0.594. The quantitative estimate of drug-likeness (QED) is 0.871. The Hall–Kier alpha value is -2.43. The zero-order valence-electron chi connectivity index (χ0n) is 10.2. The summed E-state index contributed by atoms with van der Waals surface area (Å²) in [6.07, 6.45) is 0. The second-order valence-corrected chi connectivity index (χ2v) is 3.86. The number of furan rings is 1. The molecule has 1 aromatic carbocycles. The van der Waals surface area contributed by atoms with Crippen molar-refractivity contribution in [3.8, 4) is 5.75 Å². The highest BCUT2D eigenvalue weighted by Crippen LogP contribution is 2.26. The molecule has 94 valence electrons. The molecule has 0 aliphatic carbocycles. The van der Waals surface area contributed by atoms with Crippen LogP contribution in [0.15, 0.2) is 34.7 Å². The molecule has 0 bridgehead atoms. The first-order chi connectivity index (χ1) is 8.60. The first-order valence-corrected chi connectivity index (χ1v) is 5.41. The smallest absolute Gasteiger partial charge is 0.291 e. The summed E-state index contributed by atoms with van der Waals surface area (Å²) in [6, 6.07) is 8.57. The van der Waals surface area contributed by atoms with E-state index < -0.39 is 0 Å². The Labute approximate surface area is 105 Å². The van der Waals surface area contributed by atoms with Crippen LogP contribution in [0.1, 0.15) is 16.1 Å². The van der Waals surface area contributed by atoms with Gasteiger partial charge in [0.15, 0.2) is 11.6 Å². The normalized spacial score (nSPS) is 10.1. The van der Waals surface area contributed by atoms with Gasteiger partial charge in [0.25, 0.3) is 5.91 Å². The fraction of sp³-hybridized carbons (Fsp3) is 0.154. The van der Waals surface area contributed by atoms with E-state index >= 15 is 0 Å². The molecule has 18 heavy (non-hydrogen) atoms. The van der Waals surface area contributed by atoms with Crippen LogP contribution in [0.2, 0.25) is 0 Å². The van der Waals surface area contributed by atoms with Crippen LogP contribution in [0.25, 0.3) is 0 Å². The van der Waals surface area contributed by atoms with Crippen LogP contribution in [0, 0.1) is 6.92 Å². The van der Waals surface area contributed by atoms with Gasteiger partial charge in [0.2, 0.25) is 0 Å². The molecule has 1 heterocycles. The lowest BCUT2D eigenvalue weighted by molar-refractivity contribution is 0.0997. The average molecular weight is 246 g/mol. The number of hydrogen-bond acceptors (Lipinski definition) is 4. The Balaban J connectivity index is 2.23. The minimum Gasteiger partial charge on any atom is -0.495 e. The molecular weight excluding hydrogens is 232 g/mol. The molecule has 2 aromatic rings. The lowest BCUT2D eigenvalue weighted by Gasteiger charge is -2.09. The van der Waals surface area contributed by atoms with Gasteiger partial charge >= 0.3 is 0 Å². The molecular formula is C13H14N2O3. The van der Waals surface area contributed by atoms with E-state index in [4.69, 9.17) is 14.9 Å². The van der Waals surface area contributed by atoms with Crippen molar-refractivity contribution in [1.82, 2.24) is 0 Å². The second kappa shape index (κ2) is 4.83. The highest BCUT2D eigenvalue weighted by Gasteiger charge is 2.13. The van der Waals surface area contributed by atoms with Crippen LogP contribution in [0.3, 0.4) is 0 Å². The molecule has 0 saturated carbocycles. The molecule has 3 N–H and O–H groups in total. The second-order valence-electron chi connectivity index (χ2n) is 3.86. The molecule has 0 unspecified atom stereocenters. The summed E-state index contributed by atoms with van der Waals surface area (Å²) in [7, 11) is 1.55. The van der Waals surface area contributed by atoms with Crippen molar-refractivity contribution in [2.24, 2.45) is 0 Å². The molecule has 1 aromatic heterocycles. The van der Waals surface area contributed by atoms with Crippen LogP contribution in [-0.4, -0.2) is 13.0 Å². The van der Waals surface area contributed by atoms with Gasteiger partial charge in [-0.3, -0.25) is 4.79 Å². The number of hydrogen-bond donors (Lipinski definition) is 2. The number of methoxy groups -OCH3 is 1. The van der Waals surface area contributed by atoms with Crippen molar-refractivity contribution in [2.45, 2.75) is 6.92 Å². The number of nitrogens with two attached hydrogens (primary N) is 1. The maximum Gasteiger partial charge on any atom is 0.291 e. The van der Waals surface area contributed by atoms with Crippen LogP contribution >= 0.6 is 0 Å². The third-order valence-electron chi connectivity index (χ3n) is 2.45. The molecule has 0 atom stereocenters. The van der Waals surface area contributed by atoms with E-state index in [1.54, 1.807) is 13.2 Å². The Bertz CT molecular complexity index is 575. The van der Waals surface area contributed by atoms with E-state index in [0.29, 0.717) is 11.4 Å². The van der Waals surface area contributed by atoms with Crippen molar-refractivity contribution in [1.29, 1.82) is 0 Å². The number of nitrogen functional groups attached to an aromatic ring is 1. The van der Waals surface area contributed by atoms with Gasteiger partial charge in [-0.05, 0) is 30.7 Å². The number of anilines is 2. The van der Waals surface area contributed by atoms with Crippen molar-refractivity contribution < 1.29 is 13.9 Å². The maximum absolute atomic E-state index is 11.9.